The van der Waals surface area contributed by atoms with Gasteiger partial charge in [0, 0.05) is 28.0 Å². The number of rotatable bonds is 5. The minimum atomic E-state index is 0.700. The first-order valence-corrected chi connectivity index (χ1v) is 18.7. The number of nitrogens with zero attached hydrogens (tertiary/aromatic N) is 3. The zero-order valence-corrected chi connectivity index (χ0v) is 29.9. The van der Waals surface area contributed by atoms with Crippen LogP contribution < -0.4 is 0 Å². The Bertz CT molecular complexity index is 3190. The smallest absolute Gasteiger partial charge is 0.162 e. The number of para-hydroxylation sites is 1. The van der Waals surface area contributed by atoms with Crippen molar-refractivity contribution in [3.05, 3.63) is 200 Å². The predicted molar refractivity (Wildman–Crippen MR) is 231 cm³/mol. The average molecular weight is 700 g/mol. The van der Waals surface area contributed by atoms with E-state index in [1.165, 1.54) is 65.3 Å². The fraction of sp³-hybridized carbons (Fsp3) is 0. The van der Waals surface area contributed by atoms with Gasteiger partial charge in [-0.25, -0.2) is 9.97 Å². The molecular formula is C52H33N3. The van der Waals surface area contributed by atoms with Gasteiger partial charge in [-0.15, -0.1) is 0 Å². The molecule has 0 aliphatic heterocycles. The topological polar surface area (TPSA) is 30.7 Å². The maximum absolute atomic E-state index is 5.24. The lowest BCUT2D eigenvalue weighted by molar-refractivity contribution is 1.05. The second-order valence-corrected chi connectivity index (χ2v) is 14.2. The molecule has 11 aromatic rings. The third-order valence-electron chi connectivity index (χ3n) is 11.0. The predicted octanol–water partition coefficient (Wildman–Crippen LogP) is 13.7. The highest BCUT2D eigenvalue weighted by molar-refractivity contribution is 6.22. The van der Waals surface area contributed by atoms with Gasteiger partial charge in [0.05, 0.1) is 16.7 Å². The van der Waals surface area contributed by atoms with Gasteiger partial charge in [-0.05, 0) is 84.9 Å². The molecule has 3 heteroatoms. The van der Waals surface area contributed by atoms with Crippen LogP contribution in [0, 0.1) is 0 Å². The van der Waals surface area contributed by atoms with Crippen LogP contribution in [0.25, 0.3) is 105 Å². The van der Waals surface area contributed by atoms with Crippen molar-refractivity contribution in [2.75, 3.05) is 0 Å². The first-order valence-electron chi connectivity index (χ1n) is 18.7. The molecule has 0 amide bonds. The van der Waals surface area contributed by atoms with Crippen molar-refractivity contribution in [3.8, 4) is 50.7 Å². The molecule has 0 aliphatic carbocycles. The van der Waals surface area contributed by atoms with Crippen LogP contribution in [0.1, 0.15) is 0 Å². The van der Waals surface area contributed by atoms with Gasteiger partial charge in [0.1, 0.15) is 5.82 Å². The van der Waals surface area contributed by atoms with Crippen molar-refractivity contribution in [1.29, 1.82) is 0 Å². The van der Waals surface area contributed by atoms with Gasteiger partial charge in [-0.2, -0.15) is 0 Å². The van der Waals surface area contributed by atoms with E-state index in [1.807, 2.05) is 24.3 Å². The van der Waals surface area contributed by atoms with Crippen molar-refractivity contribution in [1.82, 2.24) is 14.5 Å². The van der Waals surface area contributed by atoms with E-state index in [1.54, 1.807) is 0 Å². The highest BCUT2D eigenvalue weighted by Gasteiger charge is 2.18. The van der Waals surface area contributed by atoms with E-state index in [4.69, 9.17) is 9.97 Å². The van der Waals surface area contributed by atoms with Crippen molar-refractivity contribution in [2.24, 2.45) is 0 Å². The van der Waals surface area contributed by atoms with Crippen LogP contribution in [0.4, 0.5) is 0 Å². The Morgan fingerprint density at radius 2 is 0.945 bits per heavy atom. The Kier molecular flexibility index (Phi) is 7.17. The molecule has 0 radical (unpaired) electrons. The number of hydrogen-bond donors (Lipinski definition) is 0. The molecule has 11 rings (SSSR count). The summed E-state index contributed by atoms with van der Waals surface area (Å²) in [6.45, 7) is 0. The van der Waals surface area contributed by atoms with E-state index in [9.17, 15) is 0 Å². The minimum Gasteiger partial charge on any atom is -0.294 e. The van der Waals surface area contributed by atoms with Crippen molar-refractivity contribution in [2.45, 2.75) is 0 Å². The second kappa shape index (κ2) is 12.6. The fourth-order valence-electron chi connectivity index (χ4n) is 8.31. The molecule has 0 spiro atoms. The van der Waals surface area contributed by atoms with Crippen molar-refractivity contribution < 1.29 is 0 Å². The molecule has 0 N–H and O–H groups in total. The molecular weight excluding hydrogens is 667 g/mol. The summed E-state index contributed by atoms with van der Waals surface area (Å²) in [5, 5.41) is 9.82. The first-order chi connectivity index (χ1) is 27.2. The molecule has 9 aromatic carbocycles. The molecule has 0 aliphatic rings. The summed E-state index contributed by atoms with van der Waals surface area (Å²) in [6.07, 6.45) is 0. The maximum atomic E-state index is 5.24. The fourth-order valence-corrected chi connectivity index (χ4v) is 8.31. The van der Waals surface area contributed by atoms with Crippen molar-refractivity contribution in [3.63, 3.8) is 0 Å². The normalized spacial score (nSPS) is 11.6. The van der Waals surface area contributed by atoms with Gasteiger partial charge >= 0.3 is 0 Å². The van der Waals surface area contributed by atoms with Gasteiger partial charge in [0.25, 0.3) is 0 Å². The molecule has 55 heavy (non-hydrogen) atoms. The maximum Gasteiger partial charge on any atom is 0.162 e. The van der Waals surface area contributed by atoms with Crippen LogP contribution in [0.2, 0.25) is 0 Å². The molecule has 3 nitrogen and oxygen atoms in total. The Labute approximate surface area is 318 Å². The summed E-state index contributed by atoms with van der Waals surface area (Å²) in [4.78, 5) is 10.3. The zero-order chi connectivity index (χ0) is 36.3. The zero-order valence-electron chi connectivity index (χ0n) is 29.9. The van der Waals surface area contributed by atoms with E-state index in [2.05, 4.69) is 180 Å². The van der Waals surface area contributed by atoms with Crippen molar-refractivity contribution >= 4 is 54.1 Å². The lowest BCUT2D eigenvalue weighted by Crippen LogP contribution is -2.02. The van der Waals surface area contributed by atoms with Crippen LogP contribution in [-0.2, 0) is 0 Å². The van der Waals surface area contributed by atoms with Gasteiger partial charge in [0.15, 0.2) is 5.82 Å². The standard InChI is InChI=1S/C52H33N3/c1-3-13-37(14-4-1)47-33-50(54-52(53-47)38-15-5-2-6-16-38)55-48-21-10-9-19-45(48)51-46-32-40(26-24-36(46)28-29-49(51)55)39-25-22-34-23-27-41(31-42(34)30-39)44-20-11-17-35-12-7-8-18-43(35)44/h1-33H. The average Bonchev–Trinajstić information content (AvgIpc) is 3.61. The highest BCUT2D eigenvalue weighted by Crippen LogP contribution is 2.40. The first kappa shape index (κ1) is 31.2. The Balaban J connectivity index is 1.09. The van der Waals surface area contributed by atoms with E-state index >= 15 is 0 Å². The third-order valence-corrected chi connectivity index (χ3v) is 11.0. The molecule has 0 fully saturated rings. The quantitative estimate of drug-likeness (QED) is 0.179. The number of benzene rings is 9. The van der Waals surface area contributed by atoms with Crippen LogP contribution in [-0.4, -0.2) is 14.5 Å². The van der Waals surface area contributed by atoms with Gasteiger partial charge in [0.2, 0.25) is 0 Å². The summed E-state index contributed by atoms with van der Waals surface area (Å²) in [5.74, 6) is 1.54. The Hall–Kier alpha value is -7.36. The van der Waals surface area contributed by atoms with E-state index in [0.717, 1.165) is 33.7 Å². The molecule has 2 aromatic heterocycles. The number of hydrogen-bond acceptors (Lipinski definition) is 2. The molecule has 0 unspecified atom stereocenters. The molecule has 0 saturated heterocycles. The van der Waals surface area contributed by atoms with E-state index in [-0.39, 0.29) is 0 Å². The monoisotopic (exact) mass is 699 g/mol. The summed E-state index contributed by atoms with van der Waals surface area (Å²) in [6, 6.07) is 71.7. The van der Waals surface area contributed by atoms with Gasteiger partial charge < -0.3 is 0 Å². The van der Waals surface area contributed by atoms with Crippen LogP contribution in [0.5, 0.6) is 0 Å². The van der Waals surface area contributed by atoms with Gasteiger partial charge in [-0.1, -0.05) is 164 Å². The summed E-state index contributed by atoms with van der Waals surface area (Å²) in [5.41, 5.74) is 10.0. The lowest BCUT2D eigenvalue weighted by Gasteiger charge is -2.12. The molecule has 256 valence electrons. The summed E-state index contributed by atoms with van der Waals surface area (Å²) >= 11 is 0. The molecule has 2 heterocycles. The van der Waals surface area contributed by atoms with Gasteiger partial charge in [-0.3, -0.25) is 4.57 Å². The van der Waals surface area contributed by atoms with E-state index in [0.29, 0.717) is 5.82 Å². The molecule has 0 saturated carbocycles. The van der Waals surface area contributed by atoms with Crippen LogP contribution in [0.3, 0.4) is 0 Å². The van der Waals surface area contributed by atoms with Crippen LogP contribution >= 0.6 is 0 Å². The summed E-state index contributed by atoms with van der Waals surface area (Å²) in [7, 11) is 0. The third kappa shape index (κ3) is 5.28. The molecule has 0 bridgehead atoms. The highest BCUT2D eigenvalue weighted by atomic mass is 15.1. The number of fused-ring (bicyclic) bond motifs is 7. The Morgan fingerprint density at radius 1 is 0.327 bits per heavy atom. The Morgan fingerprint density at radius 3 is 1.78 bits per heavy atom. The second-order valence-electron chi connectivity index (χ2n) is 14.2. The minimum absolute atomic E-state index is 0.700. The largest absolute Gasteiger partial charge is 0.294 e. The van der Waals surface area contributed by atoms with Crippen LogP contribution in [0.15, 0.2) is 200 Å². The number of aromatic nitrogens is 3. The molecule has 0 atom stereocenters. The van der Waals surface area contributed by atoms with E-state index < -0.39 is 0 Å². The summed E-state index contributed by atoms with van der Waals surface area (Å²) < 4.78 is 2.31. The lowest BCUT2D eigenvalue weighted by atomic mass is 9.94. The SMILES string of the molecule is c1ccc(-c2cc(-n3c4ccccc4c4c5cc(-c6ccc7ccc(-c8cccc9ccccc89)cc7c6)ccc5ccc43)nc(-c3ccccc3)n2)cc1.